The normalized spacial score (nSPS) is 50.1. The van der Waals surface area contributed by atoms with Gasteiger partial charge in [0, 0.05) is 6.92 Å². The van der Waals surface area contributed by atoms with Gasteiger partial charge >= 0.3 is 11.9 Å². The molecular formula is C37H58O8. The van der Waals surface area contributed by atoms with E-state index >= 15 is 0 Å². The minimum atomic E-state index is -1.27. The third-order valence-corrected chi connectivity index (χ3v) is 15.0. The summed E-state index contributed by atoms with van der Waals surface area (Å²) in [6.45, 7) is 18.0. The van der Waals surface area contributed by atoms with Crippen LogP contribution in [-0.2, 0) is 23.8 Å². The molecule has 0 aromatic heterocycles. The number of ether oxygens (including phenoxy) is 3. The lowest BCUT2D eigenvalue weighted by molar-refractivity contribution is -0.309. The van der Waals surface area contributed by atoms with Crippen molar-refractivity contribution in [2.45, 2.75) is 150 Å². The number of aliphatic hydroxyl groups excluding tert-OH is 2. The number of rotatable bonds is 4. The van der Waals surface area contributed by atoms with Gasteiger partial charge in [-0.15, -0.1) is 0 Å². The highest BCUT2D eigenvalue weighted by Crippen LogP contribution is 2.76. The van der Waals surface area contributed by atoms with Gasteiger partial charge in [-0.05, 0) is 109 Å². The van der Waals surface area contributed by atoms with Crippen molar-refractivity contribution < 1.29 is 39.1 Å². The number of esters is 1. The summed E-state index contributed by atoms with van der Waals surface area (Å²) in [5.74, 6) is -0.166. The average Bonchev–Trinajstić information content (AvgIpc) is 2.93. The first-order valence-electron chi connectivity index (χ1n) is 17.6. The number of aliphatic hydroxyl groups is 2. The van der Waals surface area contributed by atoms with E-state index < -0.39 is 42.0 Å². The highest BCUT2D eigenvalue weighted by atomic mass is 16.7. The van der Waals surface area contributed by atoms with Crippen LogP contribution in [0.3, 0.4) is 0 Å². The van der Waals surface area contributed by atoms with Gasteiger partial charge in [0.1, 0.15) is 12.2 Å². The Bertz CT molecular complexity index is 1240. The smallest absolute Gasteiger partial charge is 0.310 e. The monoisotopic (exact) mass is 630 g/mol. The number of carboxylic acid groups (broad SMARTS) is 1. The molecule has 254 valence electrons. The zero-order valence-corrected chi connectivity index (χ0v) is 28.9. The second-order valence-electron chi connectivity index (χ2n) is 18.0. The van der Waals surface area contributed by atoms with E-state index in [-0.39, 0.29) is 45.7 Å². The summed E-state index contributed by atoms with van der Waals surface area (Å²) in [7, 11) is 0. The fourth-order valence-electron chi connectivity index (χ4n) is 12.2. The molecule has 6 aliphatic rings. The van der Waals surface area contributed by atoms with Gasteiger partial charge in [-0.25, -0.2) is 0 Å². The van der Waals surface area contributed by atoms with Gasteiger partial charge in [0.05, 0.1) is 18.1 Å². The topological polar surface area (TPSA) is 123 Å². The molecule has 1 heterocycles. The Morgan fingerprint density at radius 1 is 0.911 bits per heavy atom. The maximum absolute atomic E-state index is 13.0. The summed E-state index contributed by atoms with van der Waals surface area (Å²) in [6.07, 6.45) is 7.35. The third kappa shape index (κ3) is 4.81. The Hall–Kier alpha value is -1.48. The predicted octanol–water partition coefficient (Wildman–Crippen LogP) is 6.27. The summed E-state index contributed by atoms with van der Waals surface area (Å²) < 4.78 is 17.6. The van der Waals surface area contributed by atoms with Crippen LogP contribution < -0.4 is 0 Å². The minimum absolute atomic E-state index is 0.0228. The molecule has 1 saturated heterocycles. The minimum Gasteiger partial charge on any atom is -0.481 e. The van der Waals surface area contributed by atoms with Crippen molar-refractivity contribution in [3.05, 3.63) is 11.6 Å². The molecule has 6 rings (SSSR count). The zero-order valence-electron chi connectivity index (χ0n) is 28.9. The van der Waals surface area contributed by atoms with Gasteiger partial charge in [0.15, 0.2) is 12.4 Å². The number of carbonyl (C=O) groups excluding carboxylic acids is 1. The molecule has 0 amide bonds. The molecule has 1 aliphatic heterocycles. The average molecular weight is 631 g/mol. The van der Waals surface area contributed by atoms with Crippen molar-refractivity contribution in [2.75, 3.05) is 6.61 Å². The Morgan fingerprint density at radius 2 is 1.60 bits per heavy atom. The van der Waals surface area contributed by atoms with Crippen molar-refractivity contribution >= 4 is 11.9 Å². The first-order chi connectivity index (χ1) is 20.8. The van der Waals surface area contributed by atoms with Crippen LogP contribution in [0.1, 0.15) is 120 Å². The molecule has 8 nitrogen and oxygen atoms in total. The van der Waals surface area contributed by atoms with E-state index in [1.807, 2.05) is 0 Å². The number of fused-ring (bicyclic) bond motifs is 7. The van der Waals surface area contributed by atoms with E-state index in [1.165, 1.54) is 12.5 Å². The fraction of sp³-hybridized carbons (Fsp3) is 0.892. The van der Waals surface area contributed by atoms with Crippen LogP contribution in [0.2, 0.25) is 0 Å². The first-order valence-corrected chi connectivity index (χ1v) is 17.6. The van der Waals surface area contributed by atoms with Crippen LogP contribution in [0.25, 0.3) is 0 Å². The maximum atomic E-state index is 13.0. The SMILES string of the molecule is CC(=O)O[C@@H]1[C@@H](O)[C@H](OC2CCC3(C)C(CCC4(C)C3CC=C3C5CC(C)(C)CCC5(C(=O)O)CCC34C)C2(C)C)OC[C@@H]1O. The van der Waals surface area contributed by atoms with Crippen molar-refractivity contribution in [3.63, 3.8) is 0 Å². The molecule has 45 heavy (non-hydrogen) atoms. The van der Waals surface area contributed by atoms with Crippen LogP contribution in [0.4, 0.5) is 0 Å². The summed E-state index contributed by atoms with van der Waals surface area (Å²) >= 11 is 0. The fourth-order valence-corrected chi connectivity index (χ4v) is 12.2. The second kappa shape index (κ2) is 10.8. The van der Waals surface area contributed by atoms with Crippen LogP contribution in [0.5, 0.6) is 0 Å². The predicted molar refractivity (Wildman–Crippen MR) is 169 cm³/mol. The summed E-state index contributed by atoms with van der Waals surface area (Å²) in [5, 5.41) is 32.0. The molecule has 0 bridgehead atoms. The molecule has 8 unspecified atom stereocenters. The zero-order chi connectivity index (χ0) is 33.0. The molecule has 4 saturated carbocycles. The van der Waals surface area contributed by atoms with Crippen molar-refractivity contribution in [1.82, 2.24) is 0 Å². The molecule has 3 N–H and O–H groups in total. The molecule has 5 aliphatic carbocycles. The molecule has 0 spiro atoms. The lowest BCUT2D eigenvalue weighted by Gasteiger charge is -2.71. The number of aliphatic carboxylic acids is 1. The number of carboxylic acids is 1. The van der Waals surface area contributed by atoms with E-state index in [4.69, 9.17) is 14.2 Å². The Balaban J connectivity index is 1.27. The van der Waals surface area contributed by atoms with Crippen molar-refractivity contribution in [1.29, 1.82) is 0 Å². The quantitative estimate of drug-likeness (QED) is 0.189. The van der Waals surface area contributed by atoms with Gasteiger partial charge in [0.2, 0.25) is 0 Å². The number of allylic oxidation sites excluding steroid dienone is 2. The van der Waals surface area contributed by atoms with Gasteiger partial charge in [-0.3, -0.25) is 9.59 Å². The van der Waals surface area contributed by atoms with E-state index in [9.17, 15) is 24.9 Å². The number of hydrogen-bond acceptors (Lipinski definition) is 7. The second-order valence-corrected chi connectivity index (χ2v) is 18.0. The van der Waals surface area contributed by atoms with E-state index in [2.05, 4.69) is 54.5 Å². The lowest BCUT2D eigenvalue weighted by atomic mass is 9.33. The molecule has 8 heteroatoms. The van der Waals surface area contributed by atoms with Gasteiger partial charge in [-0.1, -0.05) is 60.1 Å². The van der Waals surface area contributed by atoms with Gasteiger partial charge < -0.3 is 29.5 Å². The van der Waals surface area contributed by atoms with E-state index in [0.29, 0.717) is 11.8 Å². The maximum Gasteiger partial charge on any atom is 0.310 e. The molecule has 0 radical (unpaired) electrons. The standard InChI is InChI=1S/C37H58O8/c1-21(38)44-29-24(39)20-43-30(28(29)40)45-27-12-13-34(6)25(33(27,4)5)11-14-36(8)26(34)10-9-22-23-19-32(2,3)15-17-37(23,31(41)42)18-16-35(22,36)7/h9,23-30,39-40H,10-20H2,1-8H3,(H,41,42)/t23?,24-,25?,26?,27?,28+,29-,30-,34?,35?,36?,37?/m0/s1. The Kier molecular flexibility index (Phi) is 7.99. The number of carbonyl (C=O) groups is 2. The van der Waals surface area contributed by atoms with Crippen molar-refractivity contribution in [2.24, 2.45) is 50.2 Å². The Labute approximate surface area is 269 Å². The third-order valence-electron chi connectivity index (χ3n) is 15.0. The highest BCUT2D eigenvalue weighted by molar-refractivity contribution is 5.76. The van der Waals surface area contributed by atoms with Crippen LogP contribution in [-0.4, -0.2) is 64.6 Å². The molecule has 0 aromatic carbocycles. The molecular weight excluding hydrogens is 572 g/mol. The lowest BCUT2D eigenvalue weighted by Crippen LogP contribution is -2.65. The number of hydrogen-bond donors (Lipinski definition) is 3. The van der Waals surface area contributed by atoms with Crippen molar-refractivity contribution in [3.8, 4) is 0 Å². The molecule has 12 atom stereocenters. The van der Waals surface area contributed by atoms with Crippen LogP contribution in [0, 0.1) is 50.2 Å². The van der Waals surface area contributed by atoms with Gasteiger partial charge in [-0.2, -0.15) is 0 Å². The van der Waals surface area contributed by atoms with E-state index in [1.54, 1.807) is 0 Å². The first kappa shape index (κ1) is 33.4. The molecule has 0 aromatic rings. The highest BCUT2D eigenvalue weighted by Gasteiger charge is 2.69. The van der Waals surface area contributed by atoms with E-state index in [0.717, 1.165) is 64.2 Å². The van der Waals surface area contributed by atoms with Crippen LogP contribution in [0.15, 0.2) is 11.6 Å². The summed E-state index contributed by atoms with van der Waals surface area (Å²) in [4.78, 5) is 24.6. The van der Waals surface area contributed by atoms with Crippen LogP contribution >= 0.6 is 0 Å². The summed E-state index contributed by atoms with van der Waals surface area (Å²) in [6, 6.07) is 0. The summed E-state index contributed by atoms with van der Waals surface area (Å²) in [5.41, 5.74) is 0.913. The Morgan fingerprint density at radius 3 is 2.27 bits per heavy atom. The largest absolute Gasteiger partial charge is 0.481 e. The molecule has 5 fully saturated rings. The van der Waals surface area contributed by atoms with Gasteiger partial charge in [0.25, 0.3) is 0 Å².